The summed E-state index contributed by atoms with van der Waals surface area (Å²) in [7, 11) is 0. The Morgan fingerprint density at radius 1 is 1.18 bits per heavy atom. The van der Waals surface area contributed by atoms with Crippen molar-refractivity contribution in [2.45, 2.75) is 58.0 Å². The van der Waals surface area contributed by atoms with Crippen molar-refractivity contribution in [3.63, 3.8) is 0 Å². The fraction of sp³-hybridized carbons (Fsp3) is 0.409. The van der Waals surface area contributed by atoms with Crippen molar-refractivity contribution in [3.8, 4) is 0 Å². The quantitative estimate of drug-likeness (QED) is 0.602. The predicted octanol–water partition coefficient (Wildman–Crippen LogP) is 5.13. The van der Waals surface area contributed by atoms with E-state index in [1.807, 2.05) is 24.8 Å². The Morgan fingerprint density at radius 2 is 1.93 bits per heavy atom. The van der Waals surface area contributed by atoms with Gasteiger partial charge in [-0.3, -0.25) is 4.79 Å². The molecule has 144 valence electrons. The summed E-state index contributed by atoms with van der Waals surface area (Å²) in [5.41, 5.74) is 2.46. The Bertz CT molecular complexity index is 1080. The number of aryl methyl sites for hydroxylation is 2. The summed E-state index contributed by atoms with van der Waals surface area (Å²) >= 11 is 1.46. The molecule has 2 aliphatic rings. The number of hydrogen-bond acceptors (Lipinski definition) is 4. The van der Waals surface area contributed by atoms with Crippen LogP contribution < -0.4 is 0 Å². The number of halogens is 1. The Labute approximate surface area is 167 Å². The molecule has 0 bridgehead atoms. The van der Waals surface area contributed by atoms with Gasteiger partial charge in [0.25, 0.3) is 5.91 Å². The lowest BCUT2D eigenvalue weighted by Gasteiger charge is -2.22. The number of thiophene rings is 1. The fourth-order valence-electron chi connectivity index (χ4n) is 3.78. The van der Waals surface area contributed by atoms with Gasteiger partial charge < -0.3 is 4.90 Å². The summed E-state index contributed by atoms with van der Waals surface area (Å²) in [6.07, 6.45) is 4.27. The van der Waals surface area contributed by atoms with E-state index in [9.17, 15) is 9.18 Å². The highest BCUT2D eigenvalue weighted by molar-refractivity contribution is 7.20. The first-order valence-corrected chi connectivity index (χ1v) is 10.7. The van der Waals surface area contributed by atoms with Gasteiger partial charge in [-0.25, -0.2) is 14.4 Å². The van der Waals surface area contributed by atoms with Crippen LogP contribution in [-0.4, -0.2) is 26.8 Å². The molecule has 28 heavy (non-hydrogen) atoms. The van der Waals surface area contributed by atoms with Crippen LogP contribution in [0.25, 0.3) is 10.2 Å². The Morgan fingerprint density at radius 3 is 2.61 bits per heavy atom. The van der Waals surface area contributed by atoms with Gasteiger partial charge in [0.2, 0.25) is 0 Å². The molecule has 0 saturated heterocycles. The minimum Gasteiger partial charge on any atom is -0.331 e. The van der Waals surface area contributed by atoms with E-state index < -0.39 is 0 Å². The van der Waals surface area contributed by atoms with Gasteiger partial charge in [-0.1, -0.05) is 18.2 Å². The van der Waals surface area contributed by atoms with Gasteiger partial charge in [0, 0.05) is 29.5 Å². The second kappa shape index (κ2) is 6.62. The van der Waals surface area contributed by atoms with E-state index in [0.717, 1.165) is 53.0 Å². The van der Waals surface area contributed by atoms with Gasteiger partial charge in [0.15, 0.2) is 0 Å². The van der Waals surface area contributed by atoms with E-state index in [0.29, 0.717) is 22.9 Å². The molecule has 0 radical (unpaired) electrons. The van der Waals surface area contributed by atoms with Crippen molar-refractivity contribution in [3.05, 3.63) is 57.6 Å². The zero-order chi connectivity index (χ0) is 19.4. The third kappa shape index (κ3) is 3.09. The van der Waals surface area contributed by atoms with E-state index in [1.165, 1.54) is 17.4 Å². The molecular weight excluding hydrogens is 373 g/mol. The lowest BCUT2D eigenvalue weighted by molar-refractivity contribution is 0.0732. The SMILES string of the molecule is Cc1nc(C2CC2)nc2sc(C(=O)N(Cc3ccccc3F)C3CC3)c(C)c12. The number of rotatable bonds is 5. The van der Waals surface area contributed by atoms with Gasteiger partial charge >= 0.3 is 0 Å². The molecule has 2 saturated carbocycles. The summed E-state index contributed by atoms with van der Waals surface area (Å²) in [5, 5.41) is 0.999. The van der Waals surface area contributed by atoms with Crippen LogP contribution in [-0.2, 0) is 6.54 Å². The van der Waals surface area contributed by atoms with Crippen LogP contribution in [0.3, 0.4) is 0 Å². The highest BCUT2D eigenvalue weighted by atomic mass is 32.1. The minimum absolute atomic E-state index is 0.0152. The third-order valence-corrected chi connectivity index (χ3v) is 6.85. The molecule has 0 aliphatic heterocycles. The minimum atomic E-state index is -0.259. The lowest BCUT2D eigenvalue weighted by Crippen LogP contribution is -2.32. The number of nitrogens with zero attached hydrogens (tertiary/aromatic N) is 3. The number of carbonyl (C=O) groups is 1. The van der Waals surface area contributed by atoms with Crippen molar-refractivity contribution >= 4 is 27.5 Å². The third-order valence-electron chi connectivity index (χ3n) is 5.67. The van der Waals surface area contributed by atoms with Crippen molar-refractivity contribution in [2.24, 2.45) is 0 Å². The molecule has 2 aromatic heterocycles. The first-order valence-electron chi connectivity index (χ1n) is 9.85. The van der Waals surface area contributed by atoms with Gasteiger partial charge in [-0.05, 0) is 51.2 Å². The van der Waals surface area contributed by atoms with Crippen LogP contribution in [0, 0.1) is 19.7 Å². The number of carbonyl (C=O) groups excluding carboxylic acids is 1. The van der Waals surface area contributed by atoms with Crippen molar-refractivity contribution < 1.29 is 9.18 Å². The average molecular weight is 396 g/mol. The van der Waals surface area contributed by atoms with Crippen LogP contribution in [0.4, 0.5) is 4.39 Å². The number of amides is 1. The Hall–Kier alpha value is -2.34. The molecule has 1 amide bonds. The summed E-state index contributed by atoms with van der Waals surface area (Å²) in [5.74, 6) is 1.12. The highest BCUT2D eigenvalue weighted by Crippen LogP contribution is 2.41. The maximum atomic E-state index is 14.2. The standard InChI is InChI=1S/C22H22FN3OS/c1-12-18-13(2)24-20(14-7-8-14)25-21(18)28-19(12)22(27)26(16-9-10-16)11-15-5-3-4-6-17(15)23/h3-6,14,16H,7-11H2,1-2H3. The molecule has 0 unspecified atom stereocenters. The Kier molecular flexibility index (Phi) is 4.19. The van der Waals surface area contributed by atoms with Gasteiger partial charge in [0.1, 0.15) is 16.5 Å². The van der Waals surface area contributed by atoms with Crippen LogP contribution >= 0.6 is 11.3 Å². The number of fused-ring (bicyclic) bond motifs is 1. The predicted molar refractivity (Wildman–Crippen MR) is 108 cm³/mol. The van der Waals surface area contributed by atoms with Crippen LogP contribution in [0.2, 0.25) is 0 Å². The molecule has 3 aromatic rings. The van der Waals surface area contributed by atoms with Crippen LogP contribution in [0.15, 0.2) is 24.3 Å². The molecule has 4 nitrogen and oxygen atoms in total. The highest BCUT2D eigenvalue weighted by Gasteiger charge is 2.35. The monoisotopic (exact) mass is 395 g/mol. The molecule has 0 N–H and O–H groups in total. The van der Waals surface area contributed by atoms with E-state index >= 15 is 0 Å². The van der Waals surface area contributed by atoms with Crippen molar-refractivity contribution in [1.29, 1.82) is 0 Å². The number of aromatic nitrogens is 2. The van der Waals surface area contributed by atoms with Gasteiger partial charge in [-0.15, -0.1) is 11.3 Å². The second-order valence-electron chi connectivity index (χ2n) is 7.93. The largest absolute Gasteiger partial charge is 0.331 e. The Balaban J connectivity index is 1.52. The van der Waals surface area contributed by atoms with E-state index in [2.05, 4.69) is 4.98 Å². The summed E-state index contributed by atoms with van der Waals surface area (Å²) in [6.45, 7) is 4.29. The normalized spacial score (nSPS) is 16.5. The van der Waals surface area contributed by atoms with Crippen LogP contribution in [0.5, 0.6) is 0 Å². The fourth-order valence-corrected chi connectivity index (χ4v) is 4.98. The lowest BCUT2D eigenvalue weighted by atomic mass is 10.1. The van der Waals surface area contributed by atoms with E-state index in [1.54, 1.807) is 12.1 Å². The molecule has 6 heteroatoms. The summed E-state index contributed by atoms with van der Waals surface area (Å²) in [6, 6.07) is 6.90. The van der Waals surface area contributed by atoms with Gasteiger partial charge in [-0.2, -0.15) is 0 Å². The molecule has 5 rings (SSSR count). The molecule has 2 heterocycles. The van der Waals surface area contributed by atoms with Crippen molar-refractivity contribution in [2.75, 3.05) is 0 Å². The smallest absolute Gasteiger partial charge is 0.264 e. The van der Waals surface area contributed by atoms with Gasteiger partial charge in [0.05, 0.1) is 10.6 Å². The number of hydrogen-bond donors (Lipinski definition) is 0. The first kappa shape index (κ1) is 17.7. The molecule has 0 spiro atoms. The maximum absolute atomic E-state index is 14.2. The average Bonchev–Trinajstić information content (AvgIpc) is 3.58. The van der Waals surface area contributed by atoms with Crippen molar-refractivity contribution in [1.82, 2.24) is 14.9 Å². The zero-order valence-electron chi connectivity index (χ0n) is 16.0. The van der Waals surface area contributed by atoms with E-state index in [-0.39, 0.29) is 17.8 Å². The summed E-state index contributed by atoms with van der Waals surface area (Å²) in [4.78, 5) is 26.3. The number of benzene rings is 1. The first-order chi connectivity index (χ1) is 13.5. The molecule has 0 atom stereocenters. The summed E-state index contributed by atoms with van der Waals surface area (Å²) < 4.78 is 14.2. The molecular formula is C22H22FN3OS. The van der Waals surface area contributed by atoms with E-state index in [4.69, 9.17) is 4.98 Å². The maximum Gasteiger partial charge on any atom is 0.264 e. The second-order valence-corrected chi connectivity index (χ2v) is 8.93. The molecule has 2 fully saturated rings. The zero-order valence-corrected chi connectivity index (χ0v) is 16.9. The molecule has 1 aromatic carbocycles. The van der Waals surface area contributed by atoms with Crippen LogP contribution in [0.1, 0.15) is 63.9 Å². The molecule has 2 aliphatic carbocycles. The topological polar surface area (TPSA) is 46.1 Å².